The second kappa shape index (κ2) is 9.70. The van der Waals surface area contributed by atoms with Crippen molar-refractivity contribution in [2.24, 2.45) is 0 Å². The van der Waals surface area contributed by atoms with Crippen LogP contribution in [0.1, 0.15) is 23.2 Å². The molecule has 0 aliphatic heterocycles. The number of ether oxygens (including phenoxy) is 1. The van der Waals surface area contributed by atoms with Gasteiger partial charge in [0.25, 0.3) is 5.91 Å². The normalized spacial score (nSPS) is 10.4. The average molecular weight is 412 g/mol. The Hall–Kier alpha value is -3.39. The van der Waals surface area contributed by atoms with Crippen molar-refractivity contribution < 1.29 is 23.5 Å². The monoisotopic (exact) mass is 412 g/mol. The van der Waals surface area contributed by atoms with E-state index < -0.39 is 18.5 Å². The van der Waals surface area contributed by atoms with E-state index in [9.17, 15) is 18.8 Å². The van der Waals surface area contributed by atoms with E-state index in [-0.39, 0.29) is 24.4 Å². The molecule has 0 aliphatic rings. The molecule has 8 heteroatoms. The van der Waals surface area contributed by atoms with Gasteiger partial charge in [0.15, 0.2) is 17.5 Å². The maximum Gasteiger partial charge on any atom is 0.306 e. The summed E-state index contributed by atoms with van der Waals surface area (Å²) in [5.74, 6) is -1.67. The lowest BCUT2D eigenvalue weighted by atomic mass is 10.1. The Balaban J connectivity index is 1.42. The molecule has 0 aliphatic carbocycles. The Kier molecular flexibility index (Phi) is 6.80. The molecule has 1 aromatic heterocycles. The molecular weight excluding hydrogens is 395 g/mol. The molecular formula is C21H17FN2O4S. The van der Waals surface area contributed by atoms with Gasteiger partial charge in [-0.25, -0.2) is 9.37 Å². The molecule has 29 heavy (non-hydrogen) atoms. The summed E-state index contributed by atoms with van der Waals surface area (Å²) in [7, 11) is 0. The summed E-state index contributed by atoms with van der Waals surface area (Å²) in [6.45, 7) is -0.468. The van der Waals surface area contributed by atoms with Crippen LogP contribution in [0.15, 0.2) is 60.0 Å². The lowest BCUT2D eigenvalue weighted by molar-refractivity contribution is -0.147. The van der Waals surface area contributed by atoms with E-state index in [4.69, 9.17) is 4.74 Å². The Morgan fingerprint density at radius 3 is 2.45 bits per heavy atom. The first kappa shape index (κ1) is 20.3. The highest BCUT2D eigenvalue weighted by Crippen LogP contribution is 2.24. The molecule has 0 fully saturated rings. The molecule has 3 aromatic rings. The van der Waals surface area contributed by atoms with Crippen molar-refractivity contribution in [1.29, 1.82) is 0 Å². The van der Waals surface area contributed by atoms with E-state index in [1.165, 1.54) is 23.5 Å². The number of thiazole rings is 1. The van der Waals surface area contributed by atoms with Gasteiger partial charge in [-0.15, -0.1) is 11.3 Å². The van der Waals surface area contributed by atoms with Crippen LogP contribution in [-0.2, 0) is 14.3 Å². The minimum Gasteiger partial charge on any atom is -0.456 e. The van der Waals surface area contributed by atoms with Gasteiger partial charge >= 0.3 is 5.97 Å². The molecule has 148 valence electrons. The second-order valence-corrected chi connectivity index (χ2v) is 6.90. The summed E-state index contributed by atoms with van der Waals surface area (Å²) in [6.07, 6.45) is -0.0923. The molecule has 0 saturated carbocycles. The van der Waals surface area contributed by atoms with Crippen molar-refractivity contribution in [2.75, 3.05) is 11.9 Å². The van der Waals surface area contributed by atoms with Gasteiger partial charge in [0.05, 0.1) is 12.1 Å². The number of nitrogens with zero attached hydrogens (tertiary/aromatic N) is 1. The first-order valence-corrected chi connectivity index (χ1v) is 9.64. The predicted molar refractivity (Wildman–Crippen MR) is 107 cm³/mol. The molecule has 1 heterocycles. The van der Waals surface area contributed by atoms with Gasteiger partial charge in [-0.05, 0) is 24.3 Å². The topological polar surface area (TPSA) is 85.4 Å². The van der Waals surface area contributed by atoms with Gasteiger partial charge in [-0.3, -0.25) is 19.7 Å². The quantitative estimate of drug-likeness (QED) is 0.445. The summed E-state index contributed by atoms with van der Waals surface area (Å²) in [5, 5.41) is 4.60. The number of carbonyl (C=O) groups is 3. The summed E-state index contributed by atoms with van der Waals surface area (Å²) >= 11 is 1.20. The number of carbonyl (C=O) groups excluding carboxylic acids is 3. The molecule has 1 amide bonds. The second-order valence-electron chi connectivity index (χ2n) is 6.04. The number of aromatic nitrogens is 1. The Labute approximate surface area is 170 Å². The number of rotatable bonds is 8. The van der Waals surface area contributed by atoms with Crippen LogP contribution in [0.3, 0.4) is 0 Å². The van der Waals surface area contributed by atoms with Crippen molar-refractivity contribution in [3.63, 3.8) is 0 Å². The van der Waals surface area contributed by atoms with Crippen molar-refractivity contribution in [2.45, 2.75) is 12.8 Å². The van der Waals surface area contributed by atoms with Gasteiger partial charge in [0, 0.05) is 22.9 Å². The highest BCUT2D eigenvalue weighted by Gasteiger charge is 2.13. The molecule has 2 aromatic carbocycles. The first-order chi connectivity index (χ1) is 14.0. The third kappa shape index (κ3) is 6.05. The van der Waals surface area contributed by atoms with E-state index >= 15 is 0 Å². The fourth-order valence-electron chi connectivity index (χ4n) is 2.44. The number of ketones is 1. The maximum atomic E-state index is 13.0. The zero-order valence-corrected chi connectivity index (χ0v) is 16.1. The standard InChI is InChI=1S/C21H17FN2O4S/c22-16-8-6-14(7-9-16)17-13-29-21(23-17)24-19(26)12-28-20(27)11-10-18(25)15-4-2-1-3-5-15/h1-9,13H,10-12H2,(H,23,24,26). The number of esters is 1. The summed E-state index contributed by atoms with van der Waals surface area (Å²) in [4.78, 5) is 39.9. The molecule has 0 spiro atoms. The van der Waals surface area contributed by atoms with E-state index in [0.717, 1.165) is 5.56 Å². The molecule has 0 bridgehead atoms. The predicted octanol–water partition coefficient (Wildman–Crippen LogP) is 4.09. The average Bonchev–Trinajstić information content (AvgIpc) is 3.20. The summed E-state index contributed by atoms with van der Waals surface area (Å²) in [5.41, 5.74) is 1.85. The molecule has 1 N–H and O–H groups in total. The number of hydrogen-bond donors (Lipinski definition) is 1. The Bertz CT molecular complexity index is 1000. The fraction of sp³-hybridized carbons (Fsp3) is 0.143. The van der Waals surface area contributed by atoms with Crippen LogP contribution in [0.25, 0.3) is 11.3 Å². The van der Waals surface area contributed by atoms with Crippen LogP contribution in [0.5, 0.6) is 0 Å². The smallest absolute Gasteiger partial charge is 0.306 e. The number of anilines is 1. The first-order valence-electron chi connectivity index (χ1n) is 8.76. The zero-order chi connectivity index (χ0) is 20.6. The summed E-state index contributed by atoms with van der Waals surface area (Å²) in [6, 6.07) is 14.5. The van der Waals surface area contributed by atoms with Crippen molar-refractivity contribution in [1.82, 2.24) is 4.98 Å². The zero-order valence-electron chi connectivity index (χ0n) is 15.3. The fourth-order valence-corrected chi connectivity index (χ4v) is 3.18. The lowest BCUT2D eigenvalue weighted by Crippen LogP contribution is -2.21. The molecule has 0 unspecified atom stereocenters. The van der Waals surface area contributed by atoms with E-state index in [2.05, 4.69) is 10.3 Å². The van der Waals surface area contributed by atoms with E-state index in [0.29, 0.717) is 16.4 Å². The Morgan fingerprint density at radius 1 is 1.00 bits per heavy atom. The number of Topliss-reactive ketones (excluding diaryl/α,β-unsaturated/α-hetero) is 1. The minimum absolute atomic E-state index is 0.0119. The van der Waals surface area contributed by atoms with Crippen molar-refractivity contribution in [3.05, 3.63) is 71.4 Å². The van der Waals surface area contributed by atoms with E-state index in [1.54, 1.807) is 47.8 Å². The number of amides is 1. The molecule has 0 atom stereocenters. The van der Waals surface area contributed by atoms with Crippen molar-refractivity contribution in [3.8, 4) is 11.3 Å². The highest BCUT2D eigenvalue weighted by atomic mass is 32.1. The number of hydrogen-bond acceptors (Lipinski definition) is 6. The molecule has 0 saturated heterocycles. The van der Waals surface area contributed by atoms with Crippen LogP contribution in [0.2, 0.25) is 0 Å². The highest BCUT2D eigenvalue weighted by molar-refractivity contribution is 7.14. The van der Waals surface area contributed by atoms with Gasteiger partial charge in [0.1, 0.15) is 5.82 Å². The summed E-state index contributed by atoms with van der Waals surface area (Å²) < 4.78 is 17.9. The van der Waals surface area contributed by atoms with Gasteiger partial charge < -0.3 is 4.74 Å². The van der Waals surface area contributed by atoms with Gasteiger partial charge in [-0.2, -0.15) is 0 Å². The number of benzene rings is 2. The van der Waals surface area contributed by atoms with Gasteiger partial charge in [0.2, 0.25) is 0 Å². The van der Waals surface area contributed by atoms with Crippen LogP contribution in [0.4, 0.5) is 9.52 Å². The van der Waals surface area contributed by atoms with E-state index in [1.807, 2.05) is 0 Å². The SMILES string of the molecule is O=C(COC(=O)CCC(=O)c1ccccc1)Nc1nc(-c2ccc(F)cc2)cs1. The van der Waals surface area contributed by atoms with Crippen LogP contribution in [-0.4, -0.2) is 29.3 Å². The molecule has 3 rings (SSSR count). The third-order valence-electron chi connectivity index (χ3n) is 3.91. The minimum atomic E-state index is -0.629. The molecule has 0 radical (unpaired) electrons. The van der Waals surface area contributed by atoms with Crippen molar-refractivity contribution >= 4 is 34.1 Å². The maximum absolute atomic E-state index is 13.0. The Morgan fingerprint density at radius 2 is 1.72 bits per heavy atom. The van der Waals surface area contributed by atoms with Gasteiger partial charge in [-0.1, -0.05) is 30.3 Å². The van der Waals surface area contributed by atoms with Crippen LogP contribution < -0.4 is 5.32 Å². The van der Waals surface area contributed by atoms with Crippen LogP contribution >= 0.6 is 11.3 Å². The number of halogens is 1. The number of nitrogens with one attached hydrogen (secondary N) is 1. The molecule has 6 nitrogen and oxygen atoms in total. The largest absolute Gasteiger partial charge is 0.456 e. The lowest BCUT2D eigenvalue weighted by Gasteiger charge is -2.05. The third-order valence-corrected chi connectivity index (χ3v) is 4.66. The van der Waals surface area contributed by atoms with Crippen LogP contribution in [0, 0.1) is 5.82 Å².